The van der Waals surface area contributed by atoms with E-state index in [1.165, 1.54) is 31.4 Å². The molecule has 1 aromatic rings. The molecule has 0 amide bonds. The zero-order chi connectivity index (χ0) is 15.5. The van der Waals surface area contributed by atoms with Crippen molar-refractivity contribution in [3.8, 4) is 0 Å². The molecular weight excluding hydrogens is 275 g/mol. The minimum absolute atomic E-state index is 0.0514. The number of hydrogen-bond donors (Lipinski definition) is 1. The monoisotopic (exact) mass is 299 g/mol. The molecule has 21 heavy (non-hydrogen) atoms. The fourth-order valence-corrected chi connectivity index (χ4v) is 3.32. The molecule has 0 aliphatic heterocycles. The van der Waals surface area contributed by atoms with Gasteiger partial charge in [-0.05, 0) is 43.4 Å². The Morgan fingerprint density at radius 2 is 1.95 bits per heavy atom. The van der Waals surface area contributed by atoms with Gasteiger partial charge >= 0.3 is 6.18 Å². The first kappa shape index (κ1) is 16.3. The summed E-state index contributed by atoms with van der Waals surface area (Å²) < 4.78 is 38.4. The molecule has 0 bridgehead atoms. The highest BCUT2D eigenvalue weighted by molar-refractivity contribution is 5.27. The van der Waals surface area contributed by atoms with Gasteiger partial charge in [0.1, 0.15) is 0 Å². The van der Waals surface area contributed by atoms with Gasteiger partial charge in [0.25, 0.3) is 0 Å². The van der Waals surface area contributed by atoms with Gasteiger partial charge in [0.2, 0.25) is 0 Å². The zero-order valence-electron chi connectivity index (χ0n) is 12.7. The highest BCUT2D eigenvalue weighted by atomic mass is 19.4. The third-order valence-corrected chi connectivity index (χ3v) is 4.61. The van der Waals surface area contributed by atoms with E-state index in [2.05, 4.69) is 12.2 Å². The summed E-state index contributed by atoms with van der Waals surface area (Å²) in [6.07, 6.45) is 1.70. The molecule has 2 rings (SSSR count). The predicted octanol–water partition coefficient (Wildman–Crippen LogP) is 5.32. The maximum Gasteiger partial charge on any atom is 0.416 e. The van der Waals surface area contributed by atoms with Gasteiger partial charge in [-0.15, -0.1) is 0 Å². The van der Waals surface area contributed by atoms with Crippen molar-refractivity contribution in [2.24, 2.45) is 5.92 Å². The fourth-order valence-electron chi connectivity index (χ4n) is 3.32. The number of hydrogen-bond acceptors (Lipinski definition) is 1. The van der Waals surface area contributed by atoms with Crippen LogP contribution in [0.4, 0.5) is 13.2 Å². The van der Waals surface area contributed by atoms with Gasteiger partial charge in [0.15, 0.2) is 0 Å². The molecule has 1 aliphatic carbocycles. The van der Waals surface area contributed by atoms with Crippen LogP contribution in [0.3, 0.4) is 0 Å². The normalized spacial score (nSPS) is 24.8. The van der Waals surface area contributed by atoms with Crippen LogP contribution in [-0.2, 0) is 6.18 Å². The molecule has 1 aliphatic rings. The third kappa shape index (κ3) is 4.22. The lowest BCUT2D eigenvalue weighted by Gasteiger charge is -2.34. The Morgan fingerprint density at radius 1 is 1.24 bits per heavy atom. The van der Waals surface area contributed by atoms with Gasteiger partial charge in [-0.2, -0.15) is 13.2 Å². The number of benzene rings is 1. The summed E-state index contributed by atoms with van der Waals surface area (Å²) in [6, 6.07) is 6.04. The van der Waals surface area contributed by atoms with Crippen molar-refractivity contribution in [1.29, 1.82) is 0 Å². The van der Waals surface area contributed by atoms with E-state index in [-0.39, 0.29) is 6.04 Å². The average molecular weight is 299 g/mol. The Labute approximate surface area is 124 Å². The van der Waals surface area contributed by atoms with Crippen LogP contribution >= 0.6 is 0 Å². The fraction of sp³-hybridized carbons (Fsp3) is 0.647. The topological polar surface area (TPSA) is 12.0 Å². The summed E-state index contributed by atoms with van der Waals surface area (Å²) in [4.78, 5) is 0. The highest BCUT2D eigenvalue weighted by Gasteiger charge is 2.31. The highest BCUT2D eigenvalue weighted by Crippen LogP contribution is 2.32. The quantitative estimate of drug-likeness (QED) is 0.793. The van der Waals surface area contributed by atoms with Crippen LogP contribution in [-0.4, -0.2) is 6.04 Å². The van der Waals surface area contributed by atoms with Crippen LogP contribution in [0.5, 0.6) is 0 Å². The molecule has 0 saturated heterocycles. The summed E-state index contributed by atoms with van der Waals surface area (Å²) in [5.41, 5.74) is 0.148. The van der Waals surface area contributed by atoms with Crippen LogP contribution in [0.2, 0.25) is 0 Å². The molecule has 0 radical (unpaired) electrons. The lowest BCUT2D eigenvalue weighted by Crippen LogP contribution is -2.39. The minimum Gasteiger partial charge on any atom is -0.307 e. The molecule has 0 spiro atoms. The summed E-state index contributed by atoms with van der Waals surface area (Å²) in [5.74, 6) is 0.645. The molecule has 1 aromatic carbocycles. The second-order valence-corrected chi connectivity index (χ2v) is 6.07. The SMILES string of the molecule is CCC1CCCCC1NC(C)c1cccc(C(F)(F)F)c1. The van der Waals surface area contributed by atoms with E-state index in [1.807, 2.05) is 6.92 Å². The van der Waals surface area contributed by atoms with Gasteiger partial charge in [0, 0.05) is 12.1 Å². The Kier molecular flexibility index (Phi) is 5.31. The molecule has 118 valence electrons. The van der Waals surface area contributed by atoms with Crippen molar-refractivity contribution in [1.82, 2.24) is 5.32 Å². The molecule has 1 nitrogen and oxygen atoms in total. The van der Waals surface area contributed by atoms with Crippen LogP contribution < -0.4 is 5.32 Å². The predicted molar refractivity (Wildman–Crippen MR) is 79.0 cm³/mol. The number of alkyl halides is 3. The molecule has 3 unspecified atom stereocenters. The smallest absolute Gasteiger partial charge is 0.307 e. The van der Waals surface area contributed by atoms with E-state index in [1.54, 1.807) is 6.07 Å². The van der Waals surface area contributed by atoms with Gasteiger partial charge < -0.3 is 5.32 Å². The lowest BCUT2D eigenvalue weighted by molar-refractivity contribution is -0.137. The second kappa shape index (κ2) is 6.82. The van der Waals surface area contributed by atoms with E-state index in [0.29, 0.717) is 17.5 Å². The van der Waals surface area contributed by atoms with Crippen LogP contribution in [0.25, 0.3) is 0 Å². The first-order valence-corrected chi connectivity index (χ1v) is 7.85. The number of halogens is 3. The van der Waals surface area contributed by atoms with Crippen molar-refractivity contribution in [2.75, 3.05) is 0 Å². The Hall–Kier alpha value is -1.03. The van der Waals surface area contributed by atoms with E-state index < -0.39 is 11.7 Å². The minimum atomic E-state index is -4.27. The summed E-state index contributed by atoms with van der Waals surface area (Å²) in [5, 5.41) is 3.55. The van der Waals surface area contributed by atoms with E-state index in [4.69, 9.17) is 0 Å². The molecule has 1 N–H and O–H groups in total. The first-order valence-electron chi connectivity index (χ1n) is 7.85. The van der Waals surface area contributed by atoms with Gasteiger partial charge in [-0.3, -0.25) is 0 Å². The third-order valence-electron chi connectivity index (χ3n) is 4.61. The lowest BCUT2D eigenvalue weighted by atomic mass is 9.82. The Balaban J connectivity index is 2.07. The summed E-state index contributed by atoms with van der Waals surface area (Å²) >= 11 is 0. The van der Waals surface area contributed by atoms with Crippen molar-refractivity contribution >= 4 is 0 Å². The van der Waals surface area contributed by atoms with Crippen LogP contribution in [0, 0.1) is 5.92 Å². The van der Waals surface area contributed by atoms with Crippen molar-refractivity contribution < 1.29 is 13.2 Å². The second-order valence-electron chi connectivity index (χ2n) is 6.07. The van der Waals surface area contributed by atoms with E-state index in [0.717, 1.165) is 18.9 Å². The molecule has 0 heterocycles. The van der Waals surface area contributed by atoms with E-state index in [9.17, 15) is 13.2 Å². The standard InChI is InChI=1S/C17H24F3N/c1-3-13-7-4-5-10-16(13)21-12(2)14-8-6-9-15(11-14)17(18,19)20/h6,8-9,11-13,16,21H,3-5,7,10H2,1-2H3. The van der Waals surface area contributed by atoms with Crippen molar-refractivity contribution in [2.45, 2.75) is 64.2 Å². The summed E-state index contributed by atoms with van der Waals surface area (Å²) in [7, 11) is 0. The Morgan fingerprint density at radius 3 is 2.62 bits per heavy atom. The van der Waals surface area contributed by atoms with Gasteiger partial charge in [-0.25, -0.2) is 0 Å². The Bertz CT molecular complexity index is 456. The van der Waals surface area contributed by atoms with Gasteiger partial charge in [0.05, 0.1) is 5.56 Å². The van der Waals surface area contributed by atoms with Crippen LogP contribution in [0.15, 0.2) is 24.3 Å². The van der Waals surface area contributed by atoms with Crippen LogP contribution in [0.1, 0.15) is 63.1 Å². The molecule has 0 aromatic heterocycles. The summed E-state index contributed by atoms with van der Waals surface area (Å²) in [6.45, 7) is 4.15. The van der Waals surface area contributed by atoms with Crippen molar-refractivity contribution in [3.63, 3.8) is 0 Å². The number of rotatable bonds is 4. The molecule has 3 atom stereocenters. The number of nitrogens with one attached hydrogen (secondary N) is 1. The maximum atomic E-state index is 12.8. The van der Waals surface area contributed by atoms with Gasteiger partial charge in [-0.1, -0.05) is 38.3 Å². The van der Waals surface area contributed by atoms with Crippen molar-refractivity contribution in [3.05, 3.63) is 35.4 Å². The average Bonchev–Trinajstić information content (AvgIpc) is 2.47. The molecule has 4 heteroatoms. The largest absolute Gasteiger partial charge is 0.416 e. The maximum absolute atomic E-state index is 12.8. The molecule has 1 fully saturated rings. The van der Waals surface area contributed by atoms with E-state index >= 15 is 0 Å². The molecular formula is C17H24F3N. The zero-order valence-corrected chi connectivity index (χ0v) is 12.7. The first-order chi connectivity index (χ1) is 9.91. The molecule has 1 saturated carbocycles.